The summed E-state index contributed by atoms with van der Waals surface area (Å²) in [4.78, 5) is 14.4. The summed E-state index contributed by atoms with van der Waals surface area (Å²) >= 11 is 0. The van der Waals surface area contributed by atoms with Gasteiger partial charge in [0.25, 0.3) is 0 Å². The molecule has 0 N–H and O–H groups in total. The van der Waals surface area contributed by atoms with Crippen LogP contribution in [0.5, 0.6) is 0 Å². The van der Waals surface area contributed by atoms with Crippen LogP contribution in [0, 0.1) is 0 Å². The molecule has 190 valence electrons. The summed E-state index contributed by atoms with van der Waals surface area (Å²) in [6.45, 7) is 0. The molecule has 5 heterocycles. The van der Waals surface area contributed by atoms with Crippen molar-refractivity contribution in [2.75, 3.05) is 0 Å². The fourth-order valence-corrected chi connectivity index (χ4v) is 7.23. The molecule has 5 nitrogen and oxygen atoms in total. The standard InChI is InChI=1S/C36H21N5/c1-2-7-22(8-3-1)40-29-10-5-4-9-23(29)25-13-12-21-19-27-24(32(21)35(25)40)14-15-26-33(27)36-39-28-20-37-18-16-30(28)41(36)31-11-6-17-38-34(26)31/h1-18,20H,19H2. The lowest BCUT2D eigenvalue weighted by Crippen LogP contribution is -1.96. The molecule has 5 heteroatoms. The Morgan fingerprint density at radius 1 is 0.659 bits per heavy atom. The van der Waals surface area contributed by atoms with Crippen LogP contribution in [0.4, 0.5) is 0 Å². The maximum absolute atomic E-state index is 5.16. The average molecular weight is 524 g/mol. The third-order valence-electron chi connectivity index (χ3n) is 8.85. The highest BCUT2D eigenvalue weighted by Crippen LogP contribution is 2.48. The zero-order chi connectivity index (χ0) is 26.7. The first-order valence-electron chi connectivity index (χ1n) is 13.9. The van der Waals surface area contributed by atoms with Crippen LogP contribution in [0.25, 0.3) is 77.1 Å². The maximum Gasteiger partial charge on any atom is 0.146 e. The SMILES string of the molecule is c1ccc(-n2c3ccccc3c3ccc4c(c32)-c2ccc3c5ncccc5n5c6ccncc6nc5c3c2C4)cc1. The first-order valence-corrected chi connectivity index (χ1v) is 13.9. The summed E-state index contributed by atoms with van der Waals surface area (Å²) in [6, 6.07) is 34.9. The molecular formula is C36H21N5. The number of para-hydroxylation sites is 2. The minimum Gasteiger partial charge on any atom is -0.309 e. The van der Waals surface area contributed by atoms with Crippen LogP contribution in [0.3, 0.4) is 0 Å². The Hall–Kier alpha value is -5.55. The van der Waals surface area contributed by atoms with Crippen molar-refractivity contribution < 1.29 is 0 Å². The largest absolute Gasteiger partial charge is 0.309 e. The monoisotopic (exact) mass is 523 g/mol. The predicted molar refractivity (Wildman–Crippen MR) is 166 cm³/mol. The maximum atomic E-state index is 5.16. The van der Waals surface area contributed by atoms with Gasteiger partial charge in [-0.1, -0.05) is 60.7 Å². The number of benzene rings is 4. The zero-order valence-electron chi connectivity index (χ0n) is 21.9. The van der Waals surface area contributed by atoms with Crippen molar-refractivity contribution in [3.8, 4) is 16.8 Å². The van der Waals surface area contributed by atoms with Crippen molar-refractivity contribution in [3.05, 3.63) is 127 Å². The zero-order valence-corrected chi connectivity index (χ0v) is 21.9. The molecule has 0 aliphatic heterocycles. The van der Waals surface area contributed by atoms with Gasteiger partial charge in [0.2, 0.25) is 0 Å². The highest BCUT2D eigenvalue weighted by molar-refractivity contribution is 6.19. The van der Waals surface area contributed by atoms with Gasteiger partial charge in [-0.2, -0.15) is 0 Å². The Morgan fingerprint density at radius 2 is 1.51 bits per heavy atom. The Kier molecular flexibility index (Phi) is 3.92. The van der Waals surface area contributed by atoms with Gasteiger partial charge in [0.15, 0.2) is 0 Å². The number of imidazole rings is 1. The average Bonchev–Trinajstić information content (AvgIpc) is 3.71. The van der Waals surface area contributed by atoms with E-state index in [4.69, 9.17) is 9.97 Å². The van der Waals surface area contributed by atoms with Gasteiger partial charge in [0, 0.05) is 45.2 Å². The molecule has 5 aromatic heterocycles. The molecule has 10 rings (SSSR count). The van der Waals surface area contributed by atoms with E-state index in [1.54, 1.807) is 0 Å². The van der Waals surface area contributed by atoms with E-state index in [9.17, 15) is 0 Å². The summed E-state index contributed by atoms with van der Waals surface area (Å²) < 4.78 is 4.71. The van der Waals surface area contributed by atoms with E-state index >= 15 is 0 Å². The van der Waals surface area contributed by atoms with Crippen molar-refractivity contribution in [3.63, 3.8) is 0 Å². The summed E-state index contributed by atoms with van der Waals surface area (Å²) in [7, 11) is 0. The van der Waals surface area contributed by atoms with Crippen LogP contribution in [0.1, 0.15) is 11.1 Å². The van der Waals surface area contributed by atoms with E-state index in [2.05, 4.69) is 98.9 Å². The number of hydrogen-bond acceptors (Lipinski definition) is 3. The number of fused-ring (bicyclic) bond motifs is 16. The minimum absolute atomic E-state index is 0.851. The number of hydrogen-bond donors (Lipinski definition) is 0. The van der Waals surface area contributed by atoms with E-state index in [1.165, 1.54) is 55.1 Å². The van der Waals surface area contributed by atoms with Gasteiger partial charge in [-0.15, -0.1) is 0 Å². The number of nitrogens with zero attached hydrogens (tertiary/aromatic N) is 5. The van der Waals surface area contributed by atoms with Gasteiger partial charge >= 0.3 is 0 Å². The normalized spacial score (nSPS) is 12.8. The summed E-state index contributed by atoms with van der Waals surface area (Å²) in [5.41, 5.74) is 13.9. The fourth-order valence-electron chi connectivity index (χ4n) is 7.23. The van der Waals surface area contributed by atoms with E-state index in [1.807, 2.05) is 30.7 Å². The summed E-state index contributed by atoms with van der Waals surface area (Å²) in [6.07, 6.45) is 6.44. The van der Waals surface area contributed by atoms with Gasteiger partial charge in [-0.3, -0.25) is 14.4 Å². The number of pyridine rings is 3. The van der Waals surface area contributed by atoms with Gasteiger partial charge in [0.1, 0.15) is 11.2 Å². The first-order chi connectivity index (χ1) is 20.4. The minimum atomic E-state index is 0.851. The molecule has 0 fully saturated rings. The summed E-state index contributed by atoms with van der Waals surface area (Å²) in [5, 5.41) is 4.87. The molecule has 0 radical (unpaired) electrons. The topological polar surface area (TPSA) is 48.0 Å². The predicted octanol–water partition coefficient (Wildman–Crippen LogP) is 8.25. The van der Waals surface area contributed by atoms with Crippen LogP contribution in [-0.2, 0) is 6.42 Å². The third kappa shape index (κ3) is 2.63. The molecule has 0 atom stereocenters. The van der Waals surface area contributed by atoms with Gasteiger partial charge in [-0.25, -0.2) is 4.98 Å². The Bertz CT molecular complexity index is 2550. The second kappa shape index (κ2) is 7.55. The number of rotatable bonds is 1. The lowest BCUT2D eigenvalue weighted by Gasteiger charge is -2.13. The summed E-state index contributed by atoms with van der Waals surface area (Å²) in [5.74, 6) is 0. The molecule has 0 bridgehead atoms. The van der Waals surface area contributed by atoms with Crippen molar-refractivity contribution in [2.45, 2.75) is 6.42 Å². The van der Waals surface area contributed by atoms with Crippen LogP contribution >= 0.6 is 0 Å². The molecule has 0 saturated heterocycles. The van der Waals surface area contributed by atoms with E-state index < -0.39 is 0 Å². The van der Waals surface area contributed by atoms with Gasteiger partial charge < -0.3 is 4.57 Å². The highest BCUT2D eigenvalue weighted by Gasteiger charge is 2.28. The van der Waals surface area contributed by atoms with Gasteiger partial charge in [-0.05, 0) is 59.5 Å². The smallest absolute Gasteiger partial charge is 0.146 e. The van der Waals surface area contributed by atoms with Crippen molar-refractivity contribution in [1.29, 1.82) is 0 Å². The second-order valence-electron chi connectivity index (χ2n) is 10.9. The van der Waals surface area contributed by atoms with Crippen LogP contribution in [-0.4, -0.2) is 23.9 Å². The van der Waals surface area contributed by atoms with Crippen LogP contribution in [0.15, 0.2) is 116 Å². The number of aromatic nitrogens is 5. The Labute approximate surface area is 234 Å². The molecule has 9 aromatic rings. The first kappa shape index (κ1) is 21.3. The molecule has 41 heavy (non-hydrogen) atoms. The second-order valence-corrected chi connectivity index (χ2v) is 10.9. The van der Waals surface area contributed by atoms with Crippen molar-refractivity contribution in [2.24, 2.45) is 0 Å². The molecule has 0 saturated carbocycles. The van der Waals surface area contributed by atoms with E-state index in [0.717, 1.165) is 39.5 Å². The molecule has 1 aliphatic carbocycles. The van der Waals surface area contributed by atoms with E-state index in [-0.39, 0.29) is 0 Å². The molecule has 4 aromatic carbocycles. The molecule has 1 aliphatic rings. The van der Waals surface area contributed by atoms with Crippen molar-refractivity contribution in [1.82, 2.24) is 23.9 Å². The van der Waals surface area contributed by atoms with Crippen molar-refractivity contribution >= 4 is 60.3 Å². The van der Waals surface area contributed by atoms with Crippen LogP contribution < -0.4 is 0 Å². The van der Waals surface area contributed by atoms with Gasteiger partial charge in [0.05, 0.1) is 33.8 Å². The lowest BCUT2D eigenvalue weighted by atomic mass is 9.98. The molecular weight excluding hydrogens is 502 g/mol. The van der Waals surface area contributed by atoms with E-state index in [0.29, 0.717) is 0 Å². The third-order valence-corrected chi connectivity index (χ3v) is 8.85. The Morgan fingerprint density at radius 3 is 2.46 bits per heavy atom. The quantitative estimate of drug-likeness (QED) is 0.204. The fraction of sp³-hybridized carbons (Fsp3) is 0.0278. The highest BCUT2D eigenvalue weighted by atomic mass is 15.0. The lowest BCUT2D eigenvalue weighted by molar-refractivity contribution is 1.18. The van der Waals surface area contributed by atoms with Crippen LogP contribution in [0.2, 0.25) is 0 Å². The Balaban J connectivity index is 1.40. The molecule has 0 amide bonds. The molecule has 0 unspecified atom stereocenters. The molecule has 0 spiro atoms.